The minimum atomic E-state index is -4.51. The molecule has 2 aromatic rings. The van der Waals surface area contributed by atoms with E-state index in [0.29, 0.717) is 5.56 Å². The normalized spacial score (nSPS) is 11.0. The van der Waals surface area contributed by atoms with Gasteiger partial charge in [0.1, 0.15) is 6.54 Å². The number of nitrogens with one attached hydrogen (secondary N) is 1. The van der Waals surface area contributed by atoms with Crippen LogP contribution in [0.2, 0.25) is 0 Å². The van der Waals surface area contributed by atoms with Gasteiger partial charge in [-0.3, -0.25) is 9.59 Å². The molecule has 0 radical (unpaired) electrons. The third kappa shape index (κ3) is 3.94. The first-order valence-electron chi connectivity index (χ1n) is 6.42. The fourth-order valence-electron chi connectivity index (χ4n) is 1.90. The number of rotatable bonds is 4. The fourth-order valence-corrected chi connectivity index (χ4v) is 1.90. The Morgan fingerprint density at radius 3 is 2.00 bits per heavy atom. The predicted octanol–water partition coefficient (Wildman–Crippen LogP) is 3.21. The Hall–Kier alpha value is -2.63. The van der Waals surface area contributed by atoms with E-state index in [1.54, 1.807) is 41.7 Å². The Labute approximate surface area is 124 Å². The molecular formula is C16H12F3NO2. The number of halogens is 3. The zero-order chi connectivity index (χ0) is 16.2. The molecule has 0 unspecified atom stereocenters. The number of alkyl halides is 3. The van der Waals surface area contributed by atoms with Crippen LogP contribution >= 0.6 is 0 Å². The van der Waals surface area contributed by atoms with Crippen LogP contribution in [0.3, 0.4) is 0 Å². The lowest BCUT2D eigenvalue weighted by Crippen LogP contribution is -2.34. The van der Waals surface area contributed by atoms with Crippen LogP contribution in [-0.2, 0) is 0 Å². The summed E-state index contributed by atoms with van der Waals surface area (Å²) < 4.78 is 36.5. The van der Waals surface area contributed by atoms with Gasteiger partial charge in [-0.2, -0.15) is 13.2 Å². The van der Waals surface area contributed by atoms with Crippen molar-refractivity contribution in [2.45, 2.75) is 6.18 Å². The van der Waals surface area contributed by atoms with E-state index in [0.717, 1.165) is 0 Å². The molecule has 114 valence electrons. The molecule has 0 aliphatic carbocycles. The van der Waals surface area contributed by atoms with Crippen LogP contribution < -0.4 is 5.32 Å². The quantitative estimate of drug-likeness (QED) is 0.882. The van der Waals surface area contributed by atoms with E-state index in [9.17, 15) is 22.8 Å². The lowest BCUT2D eigenvalue weighted by molar-refractivity contribution is -0.123. The molecule has 0 aromatic heterocycles. The maximum atomic E-state index is 12.4. The molecule has 0 fully saturated rings. The van der Waals surface area contributed by atoms with Crippen LogP contribution in [0.4, 0.5) is 13.2 Å². The first-order chi connectivity index (χ1) is 10.4. The van der Waals surface area contributed by atoms with Crippen LogP contribution in [0.15, 0.2) is 54.6 Å². The zero-order valence-corrected chi connectivity index (χ0v) is 11.4. The third-order valence-corrected chi connectivity index (χ3v) is 2.90. The molecule has 0 saturated heterocycles. The second kappa shape index (κ2) is 6.43. The number of ketones is 1. The predicted molar refractivity (Wildman–Crippen MR) is 74.7 cm³/mol. The summed E-state index contributed by atoms with van der Waals surface area (Å²) in [4.78, 5) is 24.3. The Bertz CT molecular complexity index is 681. The molecule has 2 aromatic carbocycles. The van der Waals surface area contributed by atoms with Crippen molar-refractivity contribution < 1.29 is 22.8 Å². The number of hydrogen-bond acceptors (Lipinski definition) is 2. The molecule has 3 nitrogen and oxygen atoms in total. The van der Waals surface area contributed by atoms with Gasteiger partial charge in [0.05, 0.1) is 5.56 Å². The highest BCUT2D eigenvalue weighted by molar-refractivity contribution is 6.15. The lowest BCUT2D eigenvalue weighted by Gasteiger charge is -2.11. The van der Waals surface area contributed by atoms with Crippen molar-refractivity contribution in [3.8, 4) is 0 Å². The molecule has 2 rings (SSSR count). The first-order valence-corrected chi connectivity index (χ1v) is 6.42. The van der Waals surface area contributed by atoms with E-state index in [4.69, 9.17) is 0 Å². The monoisotopic (exact) mass is 307 g/mol. The highest BCUT2D eigenvalue weighted by atomic mass is 19.4. The molecule has 0 aliphatic heterocycles. The van der Waals surface area contributed by atoms with Crippen LogP contribution in [-0.4, -0.2) is 24.4 Å². The number of benzene rings is 2. The Balaban J connectivity index is 2.27. The first kappa shape index (κ1) is 15.8. The molecule has 0 aliphatic rings. The van der Waals surface area contributed by atoms with Gasteiger partial charge in [0.2, 0.25) is 0 Å². The smallest absolute Gasteiger partial charge is 0.343 e. The van der Waals surface area contributed by atoms with E-state index in [1.165, 1.54) is 18.2 Å². The maximum Gasteiger partial charge on any atom is 0.405 e. The summed E-state index contributed by atoms with van der Waals surface area (Å²) >= 11 is 0. The van der Waals surface area contributed by atoms with Crippen molar-refractivity contribution in [2.75, 3.05) is 6.54 Å². The second-order valence-electron chi connectivity index (χ2n) is 4.54. The molecule has 0 bridgehead atoms. The molecule has 0 heterocycles. The molecular weight excluding hydrogens is 295 g/mol. The van der Waals surface area contributed by atoms with Crippen LogP contribution in [0, 0.1) is 0 Å². The van der Waals surface area contributed by atoms with E-state index in [-0.39, 0.29) is 11.1 Å². The van der Waals surface area contributed by atoms with E-state index in [1.807, 2.05) is 0 Å². The van der Waals surface area contributed by atoms with E-state index in [2.05, 4.69) is 0 Å². The lowest BCUT2D eigenvalue weighted by atomic mass is 9.98. The summed E-state index contributed by atoms with van der Waals surface area (Å²) in [5, 5.41) is 1.77. The SMILES string of the molecule is O=C(NCC(F)(F)F)c1ccccc1C(=O)c1ccccc1. The summed E-state index contributed by atoms with van der Waals surface area (Å²) in [5.41, 5.74) is 0.340. The summed E-state index contributed by atoms with van der Waals surface area (Å²) in [6.07, 6.45) is -4.51. The van der Waals surface area contributed by atoms with Crippen molar-refractivity contribution in [3.05, 3.63) is 71.3 Å². The van der Waals surface area contributed by atoms with Gasteiger partial charge < -0.3 is 5.32 Å². The average molecular weight is 307 g/mol. The van der Waals surface area contributed by atoms with Gasteiger partial charge in [0, 0.05) is 11.1 Å². The molecule has 6 heteroatoms. The Morgan fingerprint density at radius 1 is 0.864 bits per heavy atom. The van der Waals surface area contributed by atoms with Gasteiger partial charge in [0.25, 0.3) is 5.91 Å². The average Bonchev–Trinajstić information content (AvgIpc) is 2.52. The van der Waals surface area contributed by atoms with Gasteiger partial charge in [-0.1, -0.05) is 48.5 Å². The van der Waals surface area contributed by atoms with Crippen LogP contribution in [0.1, 0.15) is 26.3 Å². The summed E-state index contributed by atoms with van der Waals surface area (Å²) in [6, 6.07) is 14.0. The topological polar surface area (TPSA) is 46.2 Å². The van der Waals surface area contributed by atoms with E-state index < -0.39 is 24.4 Å². The van der Waals surface area contributed by atoms with Gasteiger partial charge >= 0.3 is 6.18 Å². The number of carbonyl (C=O) groups excluding carboxylic acids is 2. The second-order valence-corrected chi connectivity index (χ2v) is 4.54. The molecule has 1 N–H and O–H groups in total. The largest absolute Gasteiger partial charge is 0.405 e. The van der Waals surface area contributed by atoms with E-state index >= 15 is 0 Å². The van der Waals surface area contributed by atoms with Crippen molar-refractivity contribution in [3.63, 3.8) is 0 Å². The van der Waals surface area contributed by atoms with Crippen molar-refractivity contribution in [1.82, 2.24) is 5.32 Å². The number of carbonyl (C=O) groups is 2. The number of hydrogen-bond donors (Lipinski definition) is 1. The van der Waals surface area contributed by atoms with Gasteiger partial charge in [0.15, 0.2) is 5.78 Å². The molecule has 0 saturated carbocycles. The maximum absolute atomic E-state index is 12.4. The molecule has 0 atom stereocenters. The van der Waals surface area contributed by atoms with Crippen molar-refractivity contribution >= 4 is 11.7 Å². The summed E-state index contributed by atoms with van der Waals surface area (Å²) in [7, 11) is 0. The molecule has 1 amide bonds. The minimum Gasteiger partial charge on any atom is -0.343 e. The standard InChI is InChI=1S/C16H12F3NO2/c17-16(18,19)10-20-15(22)13-9-5-4-8-12(13)14(21)11-6-2-1-3-7-11/h1-9H,10H2,(H,20,22). The number of amides is 1. The summed E-state index contributed by atoms with van der Waals surface area (Å²) in [5.74, 6) is -1.35. The van der Waals surface area contributed by atoms with Gasteiger partial charge in [-0.15, -0.1) is 0 Å². The third-order valence-electron chi connectivity index (χ3n) is 2.90. The molecule has 22 heavy (non-hydrogen) atoms. The summed E-state index contributed by atoms with van der Waals surface area (Å²) in [6.45, 7) is -1.44. The van der Waals surface area contributed by atoms with Crippen LogP contribution in [0.5, 0.6) is 0 Å². The highest BCUT2D eigenvalue weighted by Crippen LogP contribution is 2.16. The van der Waals surface area contributed by atoms with Crippen molar-refractivity contribution in [2.24, 2.45) is 0 Å². The molecule has 0 spiro atoms. The Kier molecular flexibility index (Phi) is 4.60. The van der Waals surface area contributed by atoms with Crippen molar-refractivity contribution in [1.29, 1.82) is 0 Å². The van der Waals surface area contributed by atoms with Gasteiger partial charge in [-0.25, -0.2) is 0 Å². The Morgan fingerprint density at radius 2 is 1.41 bits per heavy atom. The zero-order valence-electron chi connectivity index (χ0n) is 11.4. The minimum absolute atomic E-state index is 0.0633. The fraction of sp³-hybridized carbons (Fsp3) is 0.125. The van der Waals surface area contributed by atoms with Crippen LogP contribution in [0.25, 0.3) is 0 Å². The van der Waals surface area contributed by atoms with Gasteiger partial charge in [-0.05, 0) is 6.07 Å². The highest BCUT2D eigenvalue weighted by Gasteiger charge is 2.28.